The summed E-state index contributed by atoms with van der Waals surface area (Å²) in [5.41, 5.74) is 0. The number of hydrogen-bond acceptors (Lipinski definition) is 2. The van der Waals surface area contributed by atoms with Crippen LogP contribution < -0.4 is 0 Å². The van der Waals surface area contributed by atoms with Crippen molar-refractivity contribution in [2.45, 2.75) is 0 Å². The van der Waals surface area contributed by atoms with Gasteiger partial charge in [0.15, 0.2) is 0 Å². The van der Waals surface area contributed by atoms with Gasteiger partial charge in [-0.05, 0) is 0 Å². The Balaban J connectivity index is 0. The fraction of sp³-hybridized carbons (Fsp3) is 0. The lowest BCUT2D eigenvalue weighted by atomic mass is 15.8. The first-order chi connectivity index (χ1) is 3.46. The smallest absolute Gasteiger partial charge is 0.299 e. The highest BCUT2D eigenvalue weighted by Gasteiger charge is 1.62. The van der Waals surface area contributed by atoms with E-state index in [4.69, 9.17) is 22.4 Å². The van der Waals surface area contributed by atoms with Gasteiger partial charge in [-0.25, -0.2) is 0 Å². The van der Waals surface area contributed by atoms with E-state index in [0.29, 0.717) is 0 Å². The maximum Gasteiger partial charge on any atom is 0.299 e. The first kappa shape index (κ1) is 11.4. The van der Waals surface area contributed by atoms with Gasteiger partial charge in [0.25, 0.3) is 11.4 Å². The first-order valence-electron chi connectivity index (χ1n) is 1.06. The Morgan fingerprint density at radius 3 is 1.12 bits per heavy atom. The topological polar surface area (TPSA) is 98.0 Å². The first-order valence-corrected chi connectivity index (χ1v) is 4.19. The van der Waals surface area contributed by atoms with E-state index in [1.165, 1.54) is 0 Å². The van der Waals surface area contributed by atoms with Crippen molar-refractivity contribution in [3.8, 4) is 0 Å². The quantitative estimate of drug-likeness (QED) is 0.382. The molecule has 0 aromatic heterocycles. The molecule has 0 aliphatic carbocycles. The third-order valence-electron chi connectivity index (χ3n) is 0. The van der Waals surface area contributed by atoms with Crippen molar-refractivity contribution in [2.24, 2.45) is 0 Å². The van der Waals surface area contributed by atoms with Crippen molar-refractivity contribution in [1.29, 1.82) is 0 Å². The average Bonchev–Trinajstić information content (AvgIpc) is 1.25. The standard InChI is InChI=1S/H2O3S.H2O2S2/c2*1-4(2)3/h2*(H2,1,2,3). The van der Waals surface area contributed by atoms with Gasteiger partial charge >= 0.3 is 0 Å². The second kappa shape index (κ2) is 7.56. The Morgan fingerprint density at radius 1 is 1.12 bits per heavy atom. The van der Waals surface area contributed by atoms with Crippen LogP contribution in [0.4, 0.5) is 0 Å². The summed E-state index contributed by atoms with van der Waals surface area (Å²) in [6, 6.07) is 0. The predicted molar refractivity (Wildman–Crippen MR) is 33.4 cm³/mol. The number of rotatable bonds is 0. The normalized spacial score (nSPS) is 8.75. The summed E-state index contributed by atoms with van der Waals surface area (Å²) in [4.78, 5) is 0. The van der Waals surface area contributed by atoms with Gasteiger partial charge in [0.05, 0.1) is 0 Å². The highest BCUT2D eigenvalue weighted by atomic mass is 32.8. The fourth-order valence-electron chi connectivity index (χ4n) is 0. The van der Waals surface area contributed by atoms with Crippen LogP contribution in [-0.4, -0.2) is 22.4 Å². The van der Waals surface area contributed by atoms with E-state index in [9.17, 15) is 0 Å². The minimum atomic E-state index is -2.61. The molecule has 4 N–H and O–H groups in total. The Morgan fingerprint density at radius 2 is 1.12 bits per heavy atom. The fourth-order valence-corrected chi connectivity index (χ4v) is 0. The van der Waals surface area contributed by atoms with Crippen LogP contribution in [-0.2, 0) is 32.6 Å². The molecule has 0 spiro atoms. The largest absolute Gasteiger partial charge is 0.306 e. The Bertz CT molecular complexity index is 65.7. The van der Waals surface area contributed by atoms with Crippen molar-refractivity contribution in [3.63, 3.8) is 0 Å². The van der Waals surface area contributed by atoms with Crippen molar-refractivity contribution >= 4 is 32.6 Å². The molecule has 8 heavy (non-hydrogen) atoms. The Hall–Kier alpha value is 0.560. The molecule has 0 unspecified atom stereocenters. The third-order valence-corrected chi connectivity index (χ3v) is 0. The van der Waals surface area contributed by atoms with Crippen molar-refractivity contribution in [2.75, 3.05) is 0 Å². The molecule has 0 radical (unpaired) electrons. The van der Waals surface area contributed by atoms with Crippen molar-refractivity contribution in [1.82, 2.24) is 0 Å². The maximum atomic E-state index is 8.67. The summed E-state index contributed by atoms with van der Waals surface area (Å²) in [6.07, 6.45) is 0. The molecule has 52 valence electrons. The second-order valence-electron chi connectivity index (χ2n) is 0.461. The molecule has 0 atom stereocenters. The van der Waals surface area contributed by atoms with Gasteiger partial charge in [0, 0.05) is 11.2 Å². The van der Waals surface area contributed by atoms with Gasteiger partial charge in [-0.1, -0.05) is 0 Å². The molecule has 0 amide bonds. The van der Waals surface area contributed by atoms with Crippen LogP contribution in [0.3, 0.4) is 0 Å². The van der Waals surface area contributed by atoms with Gasteiger partial charge < -0.3 is 9.11 Å². The molecule has 0 aliphatic rings. The maximum absolute atomic E-state index is 8.67. The summed E-state index contributed by atoms with van der Waals surface area (Å²) in [5, 5.41) is 0. The van der Waals surface area contributed by atoms with Gasteiger partial charge in [-0.15, -0.1) is 0 Å². The van der Waals surface area contributed by atoms with Gasteiger partial charge in [0.1, 0.15) is 10.0 Å². The number of hydrogen-bond donors (Lipinski definition) is 4. The molecule has 0 aromatic carbocycles. The molecule has 0 saturated carbocycles. The lowest BCUT2D eigenvalue weighted by molar-refractivity contribution is 0.454. The highest BCUT2D eigenvalue weighted by molar-refractivity contribution is 8.22. The zero-order valence-electron chi connectivity index (χ0n) is 3.42. The molecule has 0 heterocycles. The molecule has 0 bridgehead atoms. The highest BCUT2D eigenvalue weighted by Crippen LogP contribution is 1.47. The average molecular weight is 180 g/mol. The lowest BCUT2D eigenvalue weighted by Gasteiger charge is -1.65. The van der Waals surface area contributed by atoms with Gasteiger partial charge in [0.2, 0.25) is 0 Å². The van der Waals surface area contributed by atoms with E-state index in [1.807, 2.05) is 0 Å². The van der Waals surface area contributed by atoms with Crippen molar-refractivity contribution < 1.29 is 22.4 Å². The summed E-state index contributed by atoms with van der Waals surface area (Å²) >= 11 is 1.15. The van der Waals surface area contributed by atoms with Crippen LogP contribution in [0, 0.1) is 0 Å². The SMILES string of the molecule is O=S(O)O.OS(O)=S. The summed E-state index contributed by atoms with van der Waals surface area (Å²) in [5.74, 6) is 0. The molecule has 8 heteroatoms. The molecular weight excluding hydrogens is 176 g/mol. The minimum Gasteiger partial charge on any atom is -0.306 e. The molecule has 0 fully saturated rings. The molecular formula is H4O5S3. The van der Waals surface area contributed by atoms with Crippen LogP contribution in [0.2, 0.25) is 0 Å². The molecule has 0 aliphatic heterocycles. The van der Waals surface area contributed by atoms with E-state index < -0.39 is 21.4 Å². The lowest BCUT2D eigenvalue weighted by Crippen LogP contribution is -1.74. The van der Waals surface area contributed by atoms with Gasteiger partial charge in [-0.3, -0.25) is 9.11 Å². The van der Waals surface area contributed by atoms with E-state index in [0.717, 1.165) is 0 Å². The zero-order chi connectivity index (χ0) is 7.15. The molecule has 0 saturated heterocycles. The minimum absolute atomic E-state index is 1.78. The van der Waals surface area contributed by atoms with E-state index in [2.05, 4.69) is 11.2 Å². The zero-order valence-corrected chi connectivity index (χ0v) is 5.87. The Labute approximate surface area is 55.5 Å². The second-order valence-corrected chi connectivity index (χ2v) is 2.28. The predicted octanol–water partition coefficient (Wildman–Crippen LogP) is -0.306. The summed E-state index contributed by atoms with van der Waals surface area (Å²) in [7, 11) is -1.78. The third kappa shape index (κ3) is 647. The monoisotopic (exact) mass is 180 g/mol. The van der Waals surface area contributed by atoms with Crippen LogP contribution in [0.5, 0.6) is 0 Å². The van der Waals surface area contributed by atoms with Crippen LogP contribution in [0.15, 0.2) is 0 Å². The van der Waals surface area contributed by atoms with Gasteiger partial charge in [-0.2, -0.15) is 4.21 Å². The van der Waals surface area contributed by atoms with E-state index in [-0.39, 0.29) is 0 Å². The van der Waals surface area contributed by atoms with Crippen LogP contribution in [0.1, 0.15) is 0 Å². The van der Waals surface area contributed by atoms with E-state index >= 15 is 0 Å². The van der Waals surface area contributed by atoms with Crippen LogP contribution in [0.25, 0.3) is 0 Å². The molecule has 0 aromatic rings. The summed E-state index contributed by atoms with van der Waals surface area (Å²) < 4.78 is 37.7. The summed E-state index contributed by atoms with van der Waals surface area (Å²) in [6.45, 7) is 0. The molecule has 5 nitrogen and oxygen atoms in total. The van der Waals surface area contributed by atoms with Crippen molar-refractivity contribution in [3.05, 3.63) is 0 Å². The van der Waals surface area contributed by atoms with Crippen LogP contribution >= 0.6 is 0 Å². The van der Waals surface area contributed by atoms with E-state index in [1.54, 1.807) is 0 Å². The molecule has 0 rings (SSSR count). The Kier molecular flexibility index (Phi) is 10.7.